The molecule has 1 nitrogen and oxygen atoms in total. The highest BCUT2D eigenvalue weighted by atomic mass is 32.1. The molecule has 1 unspecified atom stereocenters. The summed E-state index contributed by atoms with van der Waals surface area (Å²) < 4.78 is 25.8. The molecule has 0 spiro atoms. The number of aryl methyl sites for hydroxylation is 1. The summed E-state index contributed by atoms with van der Waals surface area (Å²) in [6, 6.07) is 8.13. The van der Waals surface area contributed by atoms with Crippen molar-refractivity contribution < 1.29 is 8.78 Å². The molecule has 1 aromatic heterocycles. The Hall–Kier alpha value is -1.26. The normalized spacial score (nSPS) is 12.6. The predicted molar refractivity (Wildman–Crippen MR) is 75.3 cm³/mol. The highest BCUT2D eigenvalue weighted by Gasteiger charge is 2.07. The second kappa shape index (κ2) is 6.78. The van der Waals surface area contributed by atoms with Gasteiger partial charge in [-0.1, -0.05) is 12.1 Å². The molecule has 0 saturated heterocycles. The second-order valence-electron chi connectivity index (χ2n) is 4.68. The summed E-state index contributed by atoms with van der Waals surface area (Å²) in [4.78, 5) is 1.36. The number of benzene rings is 1. The summed E-state index contributed by atoms with van der Waals surface area (Å²) in [5.41, 5.74) is 6.77. The number of nitrogens with two attached hydrogens (primary N) is 1. The maximum atomic E-state index is 13.1. The Balaban J connectivity index is 1.77. The van der Waals surface area contributed by atoms with Crippen LogP contribution in [0.4, 0.5) is 8.78 Å². The van der Waals surface area contributed by atoms with Crippen molar-refractivity contribution in [2.75, 3.05) is 0 Å². The van der Waals surface area contributed by atoms with Crippen molar-refractivity contribution in [1.29, 1.82) is 0 Å². The van der Waals surface area contributed by atoms with Gasteiger partial charge < -0.3 is 5.73 Å². The van der Waals surface area contributed by atoms with Gasteiger partial charge in [0.2, 0.25) is 0 Å². The first-order chi connectivity index (χ1) is 9.15. The third kappa shape index (κ3) is 4.40. The minimum absolute atomic E-state index is 0.00942. The molecule has 0 fully saturated rings. The SMILES string of the molecule is NC(CCCc1cccs1)Cc1ccc(F)c(F)c1. The van der Waals surface area contributed by atoms with Gasteiger partial charge in [0.25, 0.3) is 0 Å². The molecule has 1 heterocycles. The van der Waals surface area contributed by atoms with Crippen LogP contribution in [0.15, 0.2) is 35.7 Å². The maximum absolute atomic E-state index is 13.1. The summed E-state index contributed by atoms with van der Waals surface area (Å²) >= 11 is 1.75. The Bertz CT molecular complexity index is 511. The first-order valence-electron chi connectivity index (χ1n) is 6.37. The molecule has 19 heavy (non-hydrogen) atoms. The minimum atomic E-state index is -0.810. The summed E-state index contributed by atoms with van der Waals surface area (Å²) in [5.74, 6) is -1.61. The van der Waals surface area contributed by atoms with E-state index in [0.717, 1.165) is 30.9 Å². The van der Waals surface area contributed by atoms with Gasteiger partial charge in [-0.15, -0.1) is 11.3 Å². The number of hydrogen-bond donors (Lipinski definition) is 1. The quantitative estimate of drug-likeness (QED) is 0.853. The Morgan fingerprint density at radius 1 is 1.16 bits per heavy atom. The Labute approximate surface area is 116 Å². The fourth-order valence-corrected chi connectivity index (χ4v) is 2.82. The van der Waals surface area contributed by atoms with E-state index in [2.05, 4.69) is 11.4 Å². The molecule has 4 heteroatoms. The van der Waals surface area contributed by atoms with Crippen LogP contribution in [-0.4, -0.2) is 6.04 Å². The fraction of sp³-hybridized carbons (Fsp3) is 0.333. The molecule has 1 atom stereocenters. The van der Waals surface area contributed by atoms with E-state index in [9.17, 15) is 8.78 Å². The molecule has 0 saturated carbocycles. The Morgan fingerprint density at radius 3 is 2.68 bits per heavy atom. The summed E-state index contributed by atoms with van der Waals surface area (Å²) in [6.07, 6.45) is 3.52. The number of halogens is 2. The van der Waals surface area contributed by atoms with E-state index in [1.54, 1.807) is 17.4 Å². The molecule has 102 valence electrons. The Morgan fingerprint density at radius 2 is 2.00 bits per heavy atom. The van der Waals surface area contributed by atoms with Crippen molar-refractivity contribution >= 4 is 11.3 Å². The maximum Gasteiger partial charge on any atom is 0.159 e. The van der Waals surface area contributed by atoms with Crippen LogP contribution in [0.1, 0.15) is 23.3 Å². The Kier molecular flexibility index (Phi) is 5.05. The smallest absolute Gasteiger partial charge is 0.159 e. The van der Waals surface area contributed by atoms with Crippen LogP contribution in [-0.2, 0) is 12.8 Å². The van der Waals surface area contributed by atoms with Crippen LogP contribution in [0.25, 0.3) is 0 Å². The summed E-state index contributed by atoms with van der Waals surface area (Å²) in [7, 11) is 0. The van der Waals surface area contributed by atoms with Crippen LogP contribution in [0.5, 0.6) is 0 Å². The second-order valence-corrected chi connectivity index (χ2v) is 5.72. The first kappa shape index (κ1) is 14.2. The van der Waals surface area contributed by atoms with Gasteiger partial charge in [0.15, 0.2) is 11.6 Å². The van der Waals surface area contributed by atoms with Gasteiger partial charge in [0, 0.05) is 10.9 Å². The van der Waals surface area contributed by atoms with Gasteiger partial charge in [-0.2, -0.15) is 0 Å². The van der Waals surface area contributed by atoms with E-state index >= 15 is 0 Å². The lowest BCUT2D eigenvalue weighted by atomic mass is 10.0. The lowest BCUT2D eigenvalue weighted by molar-refractivity contribution is 0.504. The van der Waals surface area contributed by atoms with Gasteiger partial charge in [0.1, 0.15) is 0 Å². The molecule has 0 aliphatic heterocycles. The molecule has 1 aromatic carbocycles. The average molecular weight is 281 g/mol. The predicted octanol–water partition coefficient (Wildman–Crippen LogP) is 3.92. The van der Waals surface area contributed by atoms with Crippen LogP contribution < -0.4 is 5.73 Å². The standard InChI is InChI=1S/C15H17F2NS/c16-14-7-6-11(10-15(14)17)9-12(18)3-1-4-13-5-2-8-19-13/h2,5-8,10,12H,1,3-4,9,18H2. The molecule has 2 N–H and O–H groups in total. The molecule has 0 radical (unpaired) electrons. The van der Waals surface area contributed by atoms with Gasteiger partial charge in [-0.05, 0) is 54.8 Å². The zero-order valence-corrected chi connectivity index (χ0v) is 11.4. The topological polar surface area (TPSA) is 26.0 Å². The van der Waals surface area contributed by atoms with Gasteiger partial charge >= 0.3 is 0 Å². The van der Waals surface area contributed by atoms with Crippen molar-refractivity contribution in [3.05, 3.63) is 57.8 Å². The van der Waals surface area contributed by atoms with Crippen molar-refractivity contribution in [2.24, 2.45) is 5.73 Å². The van der Waals surface area contributed by atoms with Gasteiger partial charge in [-0.25, -0.2) is 8.78 Å². The van der Waals surface area contributed by atoms with Crippen LogP contribution >= 0.6 is 11.3 Å². The third-order valence-corrected chi connectivity index (χ3v) is 4.00. The highest BCUT2D eigenvalue weighted by Crippen LogP contribution is 2.15. The molecule has 0 amide bonds. The fourth-order valence-electron chi connectivity index (χ4n) is 2.06. The third-order valence-electron chi connectivity index (χ3n) is 3.06. The van der Waals surface area contributed by atoms with Crippen LogP contribution in [0, 0.1) is 11.6 Å². The molecule has 2 rings (SSSR count). The molecule has 0 aliphatic carbocycles. The number of rotatable bonds is 6. The van der Waals surface area contributed by atoms with Crippen LogP contribution in [0.3, 0.4) is 0 Å². The van der Waals surface area contributed by atoms with Crippen molar-refractivity contribution in [3.8, 4) is 0 Å². The zero-order chi connectivity index (χ0) is 13.7. The molecule has 0 aliphatic rings. The minimum Gasteiger partial charge on any atom is -0.327 e. The van der Waals surface area contributed by atoms with E-state index in [0.29, 0.717) is 6.42 Å². The van der Waals surface area contributed by atoms with E-state index in [-0.39, 0.29) is 6.04 Å². The number of hydrogen-bond acceptors (Lipinski definition) is 2. The lowest BCUT2D eigenvalue weighted by Gasteiger charge is -2.11. The summed E-state index contributed by atoms with van der Waals surface area (Å²) in [5, 5.41) is 2.07. The van der Waals surface area contributed by atoms with E-state index in [4.69, 9.17) is 5.73 Å². The van der Waals surface area contributed by atoms with Gasteiger partial charge in [-0.3, -0.25) is 0 Å². The van der Waals surface area contributed by atoms with Gasteiger partial charge in [0.05, 0.1) is 0 Å². The van der Waals surface area contributed by atoms with E-state index < -0.39 is 11.6 Å². The van der Waals surface area contributed by atoms with Crippen molar-refractivity contribution in [1.82, 2.24) is 0 Å². The largest absolute Gasteiger partial charge is 0.327 e. The molecule has 2 aromatic rings. The first-order valence-corrected chi connectivity index (χ1v) is 7.25. The van der Waals surface area contributed by atoms with Crippen molar-refractivity contribution in [2.45, 2.75) is 31.7 Å². The number of thiophene rings is 1. The van der Waals surface area contributed by atoms with E-state index in [1.807, 2.05) is 6.07 Å². The van der Waals surface area contributed by atoms with Crippen LogP contribution in [0.2, 0.25) is 0 Å². The monoisotopic (exact) mass is 281 g/mol. The summed E-state index contributed by atoms with van der Waals surface area (Å²) in [6.45, 7) is 0. The van der Waals surface area contributed by atoms with Crippen molar-refractivity contribution in [3.63, 3.8) is 0 Å². The average Bonchev–Trinajstić information content (AvgIpc) is 2.87. The zero-order valence-electron chi connectivity index (χ0n) is 10.6. The highest BCUT2D eigenvalue weighted by molar-refractivity contribution is 7.09. The molecular formula is C15H17F2NS. The molecule has 0 bridgehead atoms. The molecular weight excluding hydrogens is 264 g/mol. The lowest BCUT2D eigenvalue weighted by Crippen LogP contribution is -2.22. The van der Waals surface area contributed by atoms with E-state index in [1.165, 1.54) is 10.9 Å².